The summed E-state index contributed by atoms with van der Waals surface area (Å²) in [5, 5.41) is 8.81. The van der Waals surface area contributed by atoms with Crippen LogP contribution in [0.1, 0.15) is 83.3 Å². The van der Waals surface area contributed by atoms with Crippen LogP contribution < -0.4 is 4.74 Å². The number of halogens is 3. The summed E-state index contributed by atoms with van der Waals surface area (Å²) in [5.74, 6) is -0.712. The maximum Gasteiger partial charge on any atom is 0.419 e. The molecule has 3 fully saturated rings. The number of allylic oxidation sites excluding steroid dienone is 1. The summed E-state index contributed by atoms with van der Waals surface area (Å²) in [4.78, 5) is 12.6. The van der Waals surface area contributed by atoms with Crippen LogP contribution in [0.2, 0.25) is 0 Å². The maximum atomic E-state index is 13.7. The van der Waals surface area contributed by atoms with Crippen LogP contribution in [0.5, 0.6) is 5.75 Å². The first-order chi connectivity index (χ1) is 19.0. The summed E-state index contributed by atoms with van der Waals surface area (Å²) in [5.41, 5.74) is 0.0636. The summed E-state index contributed by atoms with van der Waals surface area (Å²) in [6.07, 6.45) is 5.66. The van der Waals surface area contributed by atoms with Crippen molar-refractivity contribution in [2.45, 2.75) is 102 Å². The average Bonchev–Trinajstić information content (AvgIpc) is 3.81. The standard InChI is InChI=1S/C31H41F3O6/c1-21(2)8-12-27-29(3,40-27)26-19-23(14-15-30(26)20-38-30)39-28(36)13-10-22-9-11-25(24(18-22)31(32,33)34)37-17-7-5-4-6-16-35/h8-11,13,18,23,26-27,35H,4-7,12,14-17,19-20H2,1-3H3/b13-10+/t23-,26?,27?,29?,30?/m1/s1. The second-order valence-electron chi connectivity index (χ2n) is 11.6. The number of esters is 1. The third kappa shape index (κ3) is 7.68. The van der Waals surface area contributed by atoms with Crippen LogP contribution in [0.15, 0.2) is 35.9 Å². The van der Waals surface area contributed by atoms with Gasteiger partial charge in [0.2, 0.25) is 0 Å². The van der Waals surface area contributed by atoms with Crippen molar-refractivity contribution in [2.24, 2.45) is 5.92 Å². The maximum absolute atomic E-state index is 13.7. The number of ether oxygens (including phenoxy) is 4. The van der Waals surface area contributed by atoms with Crippen molar-refractivity contribution < 1.29 is 42.0 Å². The Morgan fingerprint density at radius 3 is 2.62 bits per heavy atom. The number of aliphatic hydroxyl groups is 1. The predicted molar refractivity (Wildman–Crippen MR) is 145 cm³/mol. The fourth-order valence-electron chi connectivity index (χ4n) is 5.80. The van der Waals surface area contributed by atoms with Crippen molar-refractivity contribution in [3.8, 4) is 5.75 Å². The largest absolute Gasteiger partial charge is 0.493 e. The SMILES string of the molecule is CC(C)=CCC1OC1(C)C1C[C@H](OC(=O)/C=C/c2ccc(OCCCCCCO)c(C(F)(F)F)c2)CCC12CO2. The van der Waals surface area contributed by atoms with Gasteiger partial charge in [0.25, 0.3) is 0 Å². The second-order valence-corrected chi connectivity index (χ2v) is 11.6. The molecular formula is C31H41F3O6. The average molecular weight is 567 g/mol. The number of epoxide rings is 2. The lowest BCUT2D eigenvalue weighted by Gasteiger charge is -2.36. The van der Waals surface area contributed by atoms with E-state index in [4.69, 9.17) is 24.1 Å². The van der Waals surface area contributed by atoms with E-state index in [0.29, 0.717) is 32.3 Å². The van der Waals surface area contributed by atoms with Crippen LogP contribution in [-0.2, 0) is 25.2 Å². The molecule has 1 aromatic carbocycles. The van der Waals surface area contributed by atoms with E-state index >= 15 is 0 Å². The zero-order valence-corrected chi connectivity index (χ0v) is 23.6. The summed E-state index contributed by atoms with van der Waals surface area (Å²) < 4.78 is 64.2. The second kappa shape index (κ2) is 12.7. The smallest absolute Gasteiger partial charge is 0.419 e. The molecule has 0 aromatic heterocycles. The number of hydrogen-bond acceptors (Lipinski definition) is 6. The molecule has 6 nitrogen and oxygen atoms in total. The lowest BCUT2D eigenvalue weighted by molar-refractivity contribution is -0.147. The molecular weight excluding hydrogens is 525 g/mol. The van der Waals surface area contributed by atoms with Crippen molar-refractivity contribution in [3.63, 3.8) is 0 Å². The minimum atomic E-state index is -4.60. The van der Waals surface area contributed by atoms with Crippen molar-refractivity contribution in [1.29, 1.82) is 0 Å². The van der Waals surface area contributed by atoms with Gasteiger partial charge in [-0.15, -0.1) is 0 Å². The van der Waals surface area contributed by atoms with Crippen LogP contribution in [0.4, 0.5) is 13.2 Å². The number of unbranched alkanes of at least 4 members (excludes halogenated alkanes) is 3. The van der Waals surface area contributed by atoms with Crippen molar-refractivity contribution in [3.05, 3.63) is 47.1 Å². The van der Waals surface area contributed by atoms with Crippen molar-refractivity contribution in [2.75, 3.05) is 19.8 Å². The molecule has 1 spiro atoms. The van der Waals surface area contributed by atoms with Crippen LogP contribution in [0, 0.1) is 5.92 Å². The molecule has 5 atom stereocenters. The molecule has 4 rings (SSSR count). The first kappa shape index (κ1) is 30.6. The zero-order chi connectivity index (χ0) is 29.0. The fourth-order valence-corrected chi connectivity index (χ4v) is 5.80. The number of benzene rings is 1. The van der Waals surface area contributed by atoms with E-state index in [1.807, 2.05) is 0 Å². The summed E-state index contributed by atoms with van der Waals surface area (Å²) in [7, 11) is 0. The van der Waals surface area contributed by atoms with Gasteiger partial charge in [0, 0.05) is 18.6 Å². The third-order valence-corrected chi connectivity index (χ3v) is 8.26. The van der Waals surface area contributed by atoms with E-state index in [1.165, 1.54) is 29.9 Å². The van der Waals surface area contributed by atoms with Crippen LogP contribution in [-0.4, -0.2) is 54.3 Å². The molecule has 1 aromatic rings. The first-order valence-electron chi connectivity index (χ1n) is 14.3. The Morgan fingerprint density at radius 1 is 1.20 bits per heavy atom. The van der Waals surface area contributed by atoms with Gasteiger partial charge in [-0.2, -0.15) is 13.2 Å². The van der Waals surface area contributed by atoms with Crippen LogP contribution in [0.25, 0.3) is 6.08 Å². The van der Waals surface area contributed by atoms with E-state index in [0.717, 1.165) is 31.7 Å². The normalized spacial score (nSPS) is 29.4. The molecule has 3 aliphatic rings. The minimum Gasteiger partial charge on any atom is -0.493 e. The lowest BCUT2D eigenvalue weighted by Crippen LogP contribution is -2.44. The molecule has 0 bridgehead atoms. The highest BCUT2D eigenvalue weighted by Gasteiger charge is 2.68. The van der Waals surface area contributed by atoms with Crippen molar-refractivity contribution >= 4 is 12.0 Å². The molecule has 4 unspecified atom stereocenters. The number of alkyl halides is 3. The Balaban J connectivity index is 1.33. The van der Waals surface area contributed by atoms with E-state index < -0.39 is 17.7 Å². The quantitative estimate of drug-likeness (QED) is 0.0948. The van der Waals surface area contributed by atoms with Gasteiger partial charge < -0.3 is 24.1 Å². The topological polar surface area (TPSA) is 80.8 Å². The molecule has 0 amide bonds. The summed E-state index contributed by atoms with van der Waals surface area (Å²) in [6, 6.07) is 3.75. The summed E-state index contributed by atoms with van der Waals surface area (Å²) >= 11 is 0. The highest BCUT2D eigenvalue weighted by molar-refractivity contribution is 5.87. The Kier molecular flexibility index (Phi) is 9.68. The van der Waals surface area contributed by atoms with E-state index in [1.54, 1.807) is 0 Å². The van der Waals surface area contributed by atoms with Gasteiger partial charge in [0.15, 0.2) is 0 Å². The molecule has 2 saturated heterocycles. The molecule has 40 heavy (non-hydrogen) atoms. The molecule has 1 N–H and O–H groups in total. The zero-order valence-electron chi connectivity index (χ0n) is 23.6. The Hall–Kier alpha value is -2.36. The fraction of sp³-hybridized carbons (Fsp3) is 0.645. The van der Waals surface area contributed by atoms with Crippen LogP contribution >= 0.6 is 0 Å². The van der Waals surface area contributed by atoms with E-state index in [9.17, 15) is 18.0 Å². The van der Waals surface area contributed by atoms with Gasteiger partial charge in [-0.25, -0.2) is 4.79 Å². The highest BCUT2D eigenvalue weighted by Crippen LogP contribution is 2.59. The molecule has 222 valence electrons. The predicted octanol–water partition coefficient (Wildman–Crippen LogP) is 6.64. The highest BCUT2D eigenvalue weighted by atomic mass is 19.4. The van der Waals surface area contributed by atoms with Gasteiger partial charge in [0.1, 0.15) is 11.9 Å². The number of hydrogen-bond donors (Lipinski definition) is 1. The number of aliphatic hydroxyl groups excluding tert-OH is 1. The van der Waals surface area contributed by atoms with Gasteiger partial charge in [-0.05, 0) is 89.5 Å². The van der Waals surface area contributed by atoms with Gasteiger partial charge in [-0.3, -0.25) is 0 Å². The molecule has 2 heterocycles. The molecule has 2 aliphatic heterocycles. The van der Waals surface area contributed by atoms with Crippen molar-refractivity contribution in [1.82, 2.24) is 0 Å². The monoisotopic (exact) mass is 566 g/mol. The third-order valence-electron chi connectivity index (χ3n) is 8.26. The Labute approximate surface area is 234 Å². The Bertz CT molecular complexity index is 1090. The first-order valence-corrected chi connectivity index (χ1v) is 14.3. The number of rotatable bonds is 13. The molecule has 0 radical (unpaired) electrons. The Morgan fingerprint density at radius 2 is 1.95 bits per heavy atom. The van der Waals surface area contributed by atoms with Gasteiger partial charge in [0.05, 0.1) is 36.1 Å². The molecule has 1 aliphatic carbocycles. The lowest BCUT2D eigenvalue weighted by atomic mass is 9.70. The molecule has 1 saturated carbocycles. The van der Waals surface area contributed by atoms with Gasteiger partial charge in [-0.1, -0.05) is 24.1 Å². The summed E-state index contributed by atoms with van der Waals surface area (Å²) in [6.45, 7) is 7.18. The van der Waals surface area contributed by atoms with E-state index in [-0.39, 0.29) is 53.9 Å². The number of carbonyl (C=O) groups excluding carboxylic acids is 1. The van der Waals surface area contributed by atoms with Crippen LogP contribution in [0.3, 0.4) is 0 Å². The number of carbonyl (C=O) groups is 1. The molecule has 9 heteroatoms. The minimum absolute atomic E-state index is 0.101. The van der Waals surface area contributed by atoms with Gasteiger partial charge >= 0.3 is 12.1 Å². The van der Waals surface area contributed by atoms with E-state index in [2.05, 4.69) is 26.8 Å².